The first-order valence-electron chi connectivity index (χ1n) is 3.01. The minimum absolute atomic E-state index is 0.0802. The minimum atomic E-state index is -3.21. The monoisotopic (exact) mass is 304 g/mol. The Morgan fingerprint density at radius 1 is 1.08 bits per heavy atom. The van der Waals surface area contributed by atoms with Gasteiger partial charge in [-0.05, 0) is 0 Å². The number of benzene rings is 1. The van der Waals surface area contributed by atoms with Crippen LogP contribution in [0.1, 0.15) is 0 Å². The van der Waals surface area contributed by atoms with Gasteiger partial charge in [-0.2, -0.15) is 0 Å². The van der Waals surface area contributed by atoms with E-state index in [-0.39, 0.29) is 20.8 Å². The summed E-state index contributed by atoms with van der Waals surface area (Å²) in [5, 5.41) is 0.502. The van der Waals surface area contributed by atoms with E-state index in [1.807, 2.05) is 0 Å². The molecule has 0 atom stereocenters. The number of rotatable bonds is 2. The Kier molecular flexibility index (Phi) is 4.17. The van der Waals surface area contributed by atoms with E-state index in [0.29, 0.717) is 0 Å². The number of hydrogen-bond acceptors (Lipinski definition) is 3. The van der Waals surface area contributed by atoms with Crippen molar-refractivity contribution in [2.45, 2.75) is 0 Å². The van der Waals surface area contributed by atoms with Gasteiger partial charge in [0.2, 0.25) is 0 Å². The number of hydrogen-bond donors (Lipinski definition) is 2. The van der Waals surface area contributed by atoms with Crippen LogP contribution in [0.4, 0.5) is 0 Å². The van der Waals surface area contributed by atoms with Gasteiger partial charge in [0.25, 0.3) is 0 Å². The molecule has 72 valence electrons. The second-order valence-corrected chi connectivity index (χ2v) is 4.62. The standard InChI is InChI=1S/C6H4AsCl3O3/c8-3-1-2-4(13-7(11)12)6(10)5(3)9/h1-2,11-12H. The van der Waals surface area contributed by atoms with E-state index in [1.165, 1.54) is 12.1 Å². The summed E-state index contributed by atoms with van der Waals surface area (Å²) in [6.07, 6.45) is 0. The Hall–Kier alpha value is 0.368. The average Bonchev–Trinajstić information content (AvgIpc) is 2.06. The summed E-state index contributed by atoms with van der Waals surface area (Å²) in [5.41, 5.74) is 0. The molecule has 3 nitrogen and oxygen atoms in total. The molecule has 1 rings (SSSR count). The normalized spacial score (nSPS) is 10.6. The second kappa shape index (κ2) is 4.74. The van der Waals surface area contributed by atoms with Crippen molar-refractivity contribution in [1.29, 1.82) is 0 Å². The molecule has 0 saturated heterocycles. The van der Waals surface area contributed by atoms with Crippen LogP contribution in [0.5, 0.6) is 5.75 Å². The maximum absolute atomic E-state index is 8.63. The van der Waals surface area contributed by atoms with Crippen molar-refractivity contribution in [2.75, 3.05) is 0 Å². The zero-order valence-electron chi connectivity index (χ0n) is 6.04. The predicted molar refractivity (Wildman–Crippen MR) is 52.3 cm³/mol. The summed E-state index contributed by atoms with van der Waals surface area (Å²) in [6.45, 7) is 0. The van der Waals surface area contributed by atoms with Crippen molar-refractivity contribution in [3.8, 4) is 5.75 Å². The van der Waals surface area contributed by atoms with E-state index >= 15 is 0 Å². The van der Waals surface area contributed by atoms with Crippen LogP contribution in [0.15, 0.2) is 12.1 Å². The van der Waals surface area contributed by atoms with Crippen molar-refractivity contribution in [3.63, 3.8) is 0 Å². The van der Waals surface area contributed by atoms with E-state index < -0.39 is 15.7 Å². The molecule has 0 amide bonds. The molecule has 0 aliphatic carbocycles. The van der Waals surface area contributed by atoms with Gasteiger partial charge in [-0.1, -0.05) is 0 Å². The van der Waals surface area contributed by atoms with Crippen molar-refractivity contribution >= 4 is 50.5 Å². The topological polar surface area (TPSA) is 49.7 Å². The Labute approximate surface area is 95.1 Å². The first kappa shape index (κ1) is 11.4. The molecule has 0 fully saturated rings. The Morgan fingerprint density at radius 2 is 1.69 bits per heavy atom. The Bertz CT molecular complexity index is 318. The van der Waals surface area contributed by atoms with Crippen LogP contribution in [0.3, 0.4) is 0 Å². The molecule has 1 aromatic carbocycles. The van der Waals surface area contributed by atoms with Crippen LogP contribution in [-0.2, 0) is 0 Å². The first-order valence-corrected chi connectivity index (χ1v) is 6.59. The molecule has 0 aromatic heterocycles. The molecule has 0 radical (unpaired) electrons. The van der Waals surface area contributed by atoms with Gasteiger partial charge >= 0.3 is 95.3 Å². The second-order valence-electron chi connectivity index (χ2n) is 2.02. The molecule has 0 aliphatic rings. The van der Waals surface area contributed by atoms with Gasteiger partial charge in [-0.25, -0.2) is 0 Å². The predicted octanol–water partition coefficient (Wildman–Crippen LogP) is 2.00. The fourth-order valence-corrected chi connectivity index (χ4v) is 2.04. The Balaban J connectivity index is 3.04. The van der Waals surface area contributed by atoms with E-state index in [2.05, 4.69) is 3.73 Å². The molecule has 0 spiro atoms. The fourth-order valence-electron chi connectivity index (χ4n) is 0.667. The molecule has 0 saturated carbocycles. The van der Waals surface area contributed by atoms with Gasteiger partial charge in [0.1, 0.15) is 0 Å². The van der Waals surface area contributed by atoms with Gasteiger partial charge < -0.3 is 0 Å². The van der Waals surface area contributed by atoms with Gasteiger partial charge in [0.05, 0.1) is 0 Å². The third kappa shape index (κ3) is 2.91. The fraction of sp³-hybridized carbons (Fsp3) is 0. The van der Waals surface area contributed by atoms with E-state index in [4.69, 9.17) is 43.0 Å². The van der Waals surface area contributed by atoms with Crippen LogP contribution >= 0.6 is 34.8 Å². The summed E-state index contributed by atoms with van der Waals surface area (Å²) in [5.74, 6) is 0.126. The summed E-state index contributed by atoms with van der Waals surface area (Å²) < 4.78 is 21.9. The van der Waals surface area contributed by atoms with Gasteiger partial charge in [0.15, 0.2) is 0 Å². The molecule has 7 heteroatoms. The SMILES string of the molecule is O[As](O)Oc1ccc(Cl)c(Cl)c1Cl. The quantitative estimate of drug-likeness (QED) is 0.649. The first-order chi connectivity index (χ1) is 6.02. The van der Waals surface area contributed by atoms with Crippen molar-refractivity contribution in [3.05, 3.63) is 27.2 Å². The molecular weight excluding hydrogens is 301 g/mol. The molecule has 2 N–H and O–H groups in total. The summed E-state index contributed by atoms with van der Waals surface area (Å²) >= 11 is 13.8. The summed E-state index contributed by atoms with van der Waals surface area (Å²) in [7, 11) is 0. The van der Waals surface area contributed by atoms with Crippen molar-refractivity contribution < 1.29 is 11.9 Å². The van der Waals surface area contributed by atoms with Crippen LogP contribution in [0, 0.1) is 0 Å². The molecule has 0 bridgehead atoms. The maximum atomic E-state index is 8.63. The molecule has 0 unspecified atom stereocenters. The molecular formula is C6H4AsCl3O3. The van der Waals surface area contributed by atoms with Crippen LogP contribution in [-0.4, -0.2) is 23.9 Å². The van der Waals surface area contributed by atoms with E-state index in [1.54, 1.807) is 0 Å². The molecule has 0 heterocycles. The Morgan fingerprint density at radius 3 is 2.23 bits per heavy atom. The van der Waals surface area contributed by atoms with Crippen molar-refractivity contribution in [1.82, 2.24) is 0 Å². The molecule has 1 aromatic rings. The van der Waals surface area contributed by atoms with Crippen LogP contribution < -0.4 is 3.73 Å². The zero-order valence-corrected chi connectivity index (χ0v) is 10.2. The zero-order chi connectivity index (χ0) is 10.0. The van der Waals surface area contributed by atoms with Crippen molar-refractivity contribution in [2.24, 2.45) is 0 Å². The van der Waals surface area contributed by atoms with E-state index in [9.17, 15) is 0 Å². The average molecular weight is 305 g/mol. The van der Waals surface area contributed by atoms with Gasteiger partial charge in [-0.3, -0.25) is 0 Å². The third-order valence-electron chi connectivity index (χ3n) is 1.18. The van der Waals surface area contributed by atoms with Crippen LogP contribution in [0.25, 0.3) is 0 Å². The summed E-state index contributed by atoms with van der Waals surface area (Å²) in [4.78, 5) is 0. The van der Waals surface area contributed by atoms with Crippen LogP contribution in [0.2, 0.25) is 15.1 Å². The molecule has 13 heavy (non-hydrogen) atoms. The third-order valence-corrected chi connectivity index (χ3v) is 3.21. The van der Waals surface area contributed by atoms with Gasteiger partial charge in [0, 0.05) is 0 Å². The summed E-state index contributed by atoms with van der Waals surface area (Å²) in [6, 6.07) is 2.88. The molecule has 0 aliphatic heterocycles. The number of halogens is 3. The van der Waals surface area contributed by atoms with Gasteiger partial charge in [-0.15, -0.1) is 0 Å². The van der Waals surface area contributed by atoms with E-state index in [0.717, 1.165) is 0 Å².